The number of ether oxygens (including phenoxy) is 1. The van der Waals surface area contributed by atoms with Crippen LogP contribution < -0.4 is 20.5 Å². The molecule has 0 saturated heterocycles. The largest absolute Gasteiger partial charge is 0.490 e. The Morgan fingerprint density at radius 1 is 1.08 bits per heavy atom. The summed E-state index contributed by atoms with van der Waals surface area (Å²) in [5, 5.41) is 15.7. The predicted octanol–water partition coefficient (Wildman–Crippen LogP) is 3.61. The molecule has 1 aliphatic carbocycles. The van der Waals surface area contributed by atoms with Crippen molar-refractivity contribution in [1.82, 2.24) is 5.32 Å². The molecule has 2 rings (SSSR count). The van der Waals surface area contributed by atoms with Crippen LogP contribution in [0.25, 0.3) is 12.2 Å². The number of hydrogen-bond donors (Lipinski definition) is 2. The second-order valence-electron chi connectivity index (χ2n) is 5.62. The molecule has 0 radical (unpaired) electrons. The van der Waals surface area contributed by atoms with E-state index in [1.807, 2.05) is 39.8 Å². The quantitative estimate of drug-likeness (QED) is 0.669. The molecule has 1 aliphatic rings. The molecule has 1 atom stereocenters. The van der Waals surface area contributed by atoms with E-state index in [0.29, 0.717) is 13.2 Å². The van der Waals surface area contributed by atoms with Gasteiger partial charge in [0.2, 0.25) is 0 Å². The molecule has 0 bridgehead atoms. The Kier molecular flexibility index (Phi) is 15.3. The summed E-state index contributed by atoms with van der Waals surface area (Å²) in [5.41, 5.74) is 0. The van der Waals surface area contributed by atoms with E-state index in [0.717, 1.165) is 25.1 Å². The molecule has 1 aromatic rings. The van der Waals surface area contributed by atoms with Crippen LogP contribution in [0, 0.1) is 0 Å². The fraction of sp³-hybridized carbons (Fsp3) is 0.636. The van der Waals surface area contributed by atoms with Crippen LogP contribution in [-0.2, 0) is 0 Å². The highest BCUT2D eigenvalue weighted by atomic mass is 16.5. The first kappa shape index (κ1) is 23.7. The first-order chi connectivity index (χ1) is 12.3. The number of benzene rings is 1. The predicted molar refractivity (Wildman–Crippen MR) is 110 cm³/mol. The summed E-state index contributed by atoms with van der Waals surface area (Å²) in [5.74, 6) is 0.883. The van der Waals surface area contributed by atoms with E-state index >= 15 is 0 Å². The summed E-state index contributed by atoms with van der Waals surface area (Å²) in [6, 6.07) is 6.11. The van der Waals surface area contributed by atoms with Crippen LogP contribution >= 0.6 is 0 Å². The molecule has 1 unspecified atom stereocenters. The summed E-state index contributed by atoms with van der Waals surface area (Å²) in [7, 11) is 0. The third-order valence-corrected chi connectivity index (χ3v) is 3.75. The second-order valence-corrected chi connectivity index (χ2v) is 5.62. The number of aliphatic hydroxyl groups is 1. The lowest BCUT2D eigenvalue weighted by atomic mass is 10.1. The molecule has 3 heteroatoms. The van der Waals surface area contributed by atoms with E-state index in [9.17, 15) is 5.11 Å². The van der Waals surface area contributed by atoms with Gasteiger partial charge in [-0.2, -0.15) is 0 Å². The van der Waals surface area contributed by atoms with Gasteiger partial charge in [-0.25, -0.2) is 0 Å². The Bertz CT molecular complexity index is 539. The Morgan fingerprint density at radius 3 is 2.52 bits per heavy atom. The van der Waals surface area contributed by atoms with Crippen molar-refractivity contribution in [2.24, 2.45) is 0 Å². The van der Waals surface area contributed by atoms with Crippen LogP contribution in [0.2, 0.25) is 0 Å². The lowest BCUT2D eigenvalue weighted by Crippen LogP contribution is -2.34. The highest BCUT2D eigenvalue weighted by Crippen LogP contribution is 2.05. The lowest BCUT2D eigenvalue weighted by Gasteiger charge is -2.14. The van der Waals surface area contributed by atoms with Crippen molar-refractivity contribution in [1.29, 1.82) is 0 Å². The molecular weight excluding hydrogens is 310 g/mol. The Morgan fingerprint density at radius 2 is 1.80 bits per heavy atom. The van der Waals surface area contributed by atoms with Gasteiger partial charge in [-0.3, -0.25) is 0 Å². The standard InChI is InChI=1S/C18H27NO2.2C2H6/c1-2-3-6-12-19-13-16(20)14-21-18-11-7-9-15-8-4-5-10-17(15)18;2*1-2/h7-11,16,19-20H,2-6,12-14H2,1H3;2*1-2H3. The zero-order valence-corrected chi connectivity index (χ0v) is 17.0. The van der Waals surface area contributed by atoms with Crippen molar-refractivity contribution in [3.63, 3.8) is 0 Å². The Labute approximate surface area is 154 Å². The Hall–Kier alpha value is -1.32. The lowest BCUT2D eigenvalue weighted by molar-refractivity contribution is 0.106. The number of nitrogens with one attached hydrogen (secondary N) is 1. The minimum atomic E-state index is -0.463. The van der Waals surface area contributed by atoms with Gasteiger partial charge >= 0.3 is 0 Å². The van der Waals surface area contributed by atoms with E-state index in [-0.39, 0.29) is 0 Å². The summed E-state index contributed by atoms with van der Waals surface area (Å²) < 4.78 is 5.80. The van der Waals surface area contributed by atoms with Crippen molar-refractivity contribution < 1.29 is 9.84 Å². The van der Waals surface area contributed by atoms with Crippen LogP contribution in [0.3, 0.4) is 0 Å². The maximum absolute atomic E-state index is 9.97. The molecule has 0 amide bonds. The maximum atomic E-state index is 9.97. The molecular formula is C22H39NO2. The highest BCUT2D eigenvalue weighted by molar-refractivity contribution is 5.43. The van der Waals surface area contributed by atoms with Gasteiger partial charge in [0.15, 0.2) is 0 Å². The van der Waals surface area contributed by atoms with Gasteiger partial charge < -0.3 is 15.2 Å². The zero-order valence-electron chi connectivity index (χ0n) is 17.0. The van der Waals surface area contributed by atoms with Gasteiger partial charge in [0, 0.05) is 11.8 Å². The van der Waals surface area contributed by atoms with E-state index in [1.54, 1.807) is 0 Å². The fourth-order valence-corrected chi connectivity index (χ4v) is 2.56. The third kappa shape index (κ3) is 9.66. The van der Waals surface area contributed by atoms with Crippen molar-refractivity contribution in [3.8, 4) is 5.75 Å². The van der Waals surface area contributed by atoms with Gasteiger partial charge in [0.1, 0.15) is 18.5 Å². The minimum Gasteiger partial charge on any atom is -0.490 e. The number of aliphatic hydroxyl groups excluding tert-OH is 1. The molecule has 1 aromatic carbocycles. The van der Waals surface area contributed by atoms with Crippen molar-refractivity contribution in [2.45, 2.75) is 72.8 Å². The van der Waals surface area contributed by atoms with E-state index in [4.69, 9.17) is 4.74 Å². The van der Waals surface area contributed by atoms with E-state index < -0.39 is 6.10 Å². The fourth-order valence-electron chi connectivity index (χ4n) is 2.56. The summed E-state index contributed by atoms with van der Waals surface area (Å²) >= 11 is 0. The van der Waals surface area contributed by atoms with Crippen LogP contribution in [0.15, 0.2) is 18.2 Å². The van der Waals surface area contributed by atoms with Crippen LogP contribution in [0.1, 0.15) is 66.7 Å². The van der Waals surface area contributed by atoms with Gasteiger partial charge in [-0.1, -0.05) is 71.7 Å². The SMILES string of the molecule is CC.CC.CCCCCNCC(O)COc1cccc2c1=CCCC=2. The number of fused-ring (bicyclic) bond motifs is 1. The molecule has 0 spiro atoms. The molecule has 0 aliphatic heterocycles. The average molecular weight is 350 g/mol. The first-order valence-corrected chi connectivity index (χ1v) is 10.1. The van der Waals surface area contributed by atoms with Crippen molar-refractivity contribution in [3.05, 3.63) is 28.6 Å². The zero-order chi connectivity index (χ0) is 18.9. The van der Waals surface area contributed by atoms with Crippen molar-refractivity contribution >= 4 is 12.2 Å². The summed E-state index contributed by atoms with van der Waals surface area (Å²) in [4.78, 5) is 0. The first-order valence-electron chi connectivity index (χ1n) is 10.1. The summed E-state index contributed by atoms with van der Waals surface area (Å²) in [6.45, 7) is 12.1. The van der Waals surface area contributed by atoms with E-state index in [2.05, 4.69) is 30.5 Å². The third-order valence-electron chi connectivity index (χ3n) is 3.75. The van der Waals surface area contributed by atoms with Gasteiger partial charge in [-0.05, 0) is 37.1 Å². The molecule has 2 N–H and O–H groups in total. The minimum absolute atomic E-state index is 0.338. The molecule has 0 saturated carbocycles. The number of rotatable bonds is 9. The highest BCUT2D eigenvalue weighted by Gasteiger charge is 2.06. The van der Waals surface area contributed by atoms with Gasteiger partial charge in [-0.15, -0.1) is 0 Å². The molecule has 0 heterocycles. The van der Waals surface area contributed by atoms with Gasteiger partial charge in [0.25, 0.3) is 0 Å². The monoisotopic (exact) mass is 349 g/mol. The topological polar surface area (TPSA) is 41.5 Å². The number of hydrogen-bond acceptors (Lipinski definition) is 3. The van der Waals surface area contributed by atoms with Crippen LogP contribution in [0.4, 0.5) is 0 Å². The molecule has 0 fully saturated rings. The normalized spacial score (nSPS) is 12.9. The van der Waals surface area contributed by atoms with Crippen molar-refractivity contribution in [2.75, 3.05) is 19.7 Å². The van der Waals surface area contributed by atoms with Crippen LogP contribution in [-0.4, -0.2) is 30.9 Å². The summed E-state index contributed by atoms with van der Waals surface area (Å²) in [6.07, 6.45) is 9.79. The number of unbranched alkanes of at least 4 members (excludes halogenated alkanes) is 2. The molecule has 25 heavy (non-hydrogen) atoms. The van der Waals surface area contributed by atoms with Crippen LogP contribution in [0.5, 0.6) is 5.75 Å². The Balaban J connectivity index is 0.00000134. The second kappa shape index (κ2) is 16.2. The average Bonchev–Trinajstić information content (AvgIpc) is 2.69. The molecule has 3 nitrogen and oxygen atoms in total. The smallest absolute Gasteiger partial charge is 0.126 e. The molecule has 144 valence electrons. The maximum Gasteiger partial charge on any atom is 0.126 e. The van der Waals surface area contributed by atoms with E-state index in [1.165, 1.54) is 29.7 Å². The molecule has 0 aromatic heterocycles. The van der Waals surface area contributed by atoms with Gasteiger partial charge in [0.05, 0.1) is 0 Å².